The summed E-state index contributed by atoms with van der Waals surface area (Å²) in [5.74, 6) is 2.49. The molecule has 0 spiro atoms. The van der Waals surface area contributed by atoms with Crippen LogP contribution in [0.2, 0.25) is 0 Å². The Morgan fingerprint density at radius 3 is 2.55 bits per heavy atom. The van der Waals surface area contributed by atoms with Crippen molar-refractivity contribution in [2.45, 2.75) is 45.2 Å². The van der Waals surface area contributed by atoms with Crippen LogP contribution in [-0.2, 0) is 6.54 Å². The number of hydrogen-bond acceptors (Lipinski definition) is 6. The summed E-state index contributed by atoms with van der Waals surface area (Å²) in [4.78, 5) is 14.4. The van der Waals surface area contributed by atoms with Crippen LogP contribution in [0.25, 0.3) is 10.9 Å². The monoisotopic (exact) mass is 409 g/mol. The van der Waals surface area contributed by atoms with Gasteiger partial charge in [-0.15, -0.1) is 11.3 Å². The van der Waals surface area contributed by atoms with Gasteiger partial charge in [-0.25, -0.2) is 4.98 Å². The number of nitrogens with one attached hydrogen (secondary N) is 2. The van der Waals surface area contributed by atoms with Gasteiger partial charge >= 0.3 is 0 Å². The van der Waals surface area contributed by atoms with E-state index in [1.165, 1.54) is 35.4 Å². The quantitative estimate of drug-likeness (QED) is 0.586. The number of rotatable bonds is 7. The topological polar surface area (TPSA) is 53.1 Å². The molecule has 4 rings (SSSR count). The van der Waals surface area contributed by atoms with Crippen molar-refractivity contribution in [3.8, 4) is 0 Å². The van der Waals surface area contributed by atoms with Crippen molar-refractivity contribution in [2.75, 3.05) is 30.9 Å². The van der Waals surface area contributed by atoms with Gasteiger partial charge < -0.3 is 15.5 Å². The molecule has 2 heterocycles. The number of aromatic nitrogens is 2. The second-order valence-corrected chi connectivity index (χ2v) is 9.66. The molecule has 1 saturated carbocycles. The summed E-state index contributed by atoms with van der Waals surface area (Å²) in [6.45, 7) is 4.28. The van der Waals surface area contributed by atoms with Gasteiger partial charge in [0.15, 0.2) is 0 Å². The third-order valence-electron chi connectivity index (χ3n) is 5.71. The van der Waals surface area contributed by atoms with Crippen molar-refractivity contribution in [2.24, 2.45) is 5.92 Å². The number of aryl methyl sites for hydroxylation is 1. The molecule has 6 heteroatoms. The molecule has 0 aliphatic heterocycles. The van der Waals surface area contributed by atoms with E-state index in [9.17, 15) is 0 Å². The van der Waals surface area contributed by atoms with Gasteiger partial charge in [-0.2, -0.15) is 4.98 Å². The van der Waals surface area contributed by atoms with Crippen LogP contribution in [0.1, 0.15) is 35.4 Å². The van der Waals surface area contributed by atoms with E-state index < -0.39 is 0 Å². The molecule has 0 radical (unpaired) electrons. The maximum absolute atomic E-state index is 4.79. The first-order valence-electron chi connectivity index (χ1n) is 10.5. The zero-order valence-electron chi connectivity index (χ0n) is 17.6. The van der Waals surface area contributed by atoms with Crippen LogP contribution in [0.15, 0.2) is 36.4 Å². The average molecular weight is 410 g/mol. The van der Waals surface area contributed by atoms with Crippen LogP contribution in [-0.4, -0.2) is 36.6 Å². The van der Waals surface area contributed by atoms with Gasteiger partial charge in [0.2, 0.25) is 5.95 Å². The fraction of sp³-hybridized carbons (Fsp3) is 0.478. The van der Waals surface area contributed by atoms with Gasteiger partial charge in [0.1, 0.15) is 5.82 Å². The zero-order valence-corrected chi connectivity index (χ0v) is 18.4. The summed E-state index contributed by atoms with van der Waals surface area (Å²) in [6, 6.07) is 13.1. The van der Waals surface area contributed by atoms with Crippen LogP contribution in [0, 0.1) is 12.8 Å². The van der Waals surface area contributed by atoms with Gasteiger partial charge in [-0.3, -0.25) is 0 Å². The van der Waals surface area contributed by atoms with Crippen LogP contribution >= 0.6 is 11.3 Å². The first kappa shape index (κ1) is 20.1. The summed E-state index contributed by atoms with van der Waals surface area (Å²) in [6.07, 6.45) is 4.86. The van der Waals surface area contributed by atoms with Crippen molar-refractivity contribution in [3.63, 3.8) is 0 Å². The molecule has 0 saturated heterocycles. The highest BCUT2D eigenvalue weighted by atomic mass is 32.1. The van der Waals surface area contributed by atoms with Crippen molar-refractivity contribution < 1.29 is 0 Å². The van der Waals surface area contributed by atoms with E-state index in [1.807, 2.05) is 37.6 Å². The van der Waals surface area contributed by atoms with Crippen LogP contribution in [0.4, 0.5) is 11.8 Å². The van der Waals surface area contributed by atoms with E-state index >= 15 is 0 Å². The Balaban J connectivity index is 1.30. The Bertz CT molecular complexity index is 943. The lowest BCUT2D eigenvalue weighted by molar-refractivity contribution is 0.324. The second-order valence-electron chi connectivity index (χ2n) is 8.29. The molecule has 3 aromatic rings. The molecule has 2 N–H and O–H groups in total. The maximum Gasteiger partial charge on any atom is 0.225 e. The molecular weight excluding hydrogens is 378 g/mol. The van der Waals surface area contributed by atoms with E-state index in [-0.39, 0.29) is 0 Å². The number of nitrogens with zero attached hydrogens (tertiary/aromatic N) is 3. The molecule has 0 unspecified atom stereocenters. The smallest absolute Gasteiger partial charge is 0.225 e. The maximum atomic E-state index is 4.79. The van der Waals surface area contributed by atoms with Crippen LogP contribution in [0.3, 0.4) is 0 Å². The van der Waals surface area contributed by atoms with Gasteiger partial charge in [0, 0.05) is 41.8 Å². The van der Waals surface area contributed by atoms with Crippen molar-refractivity contribution in [1.29, 1.82) is 0 Å². The van der Waals surface area contributed by atoms with Crippen LogP contribution < -0.4 is 15.5 Å². The minimum atomic E-state index is 0.461. The molecule has 1 aliphatic carbocycles. The number of thiophene rings is 1. The van der Waals surface area contributed by atoms with E-state index in [2.05, 4.69) is 46.7 Å². The largest absolute Gasteiger partial charge is 0.362 e. The van der Waals surface area contributed by atoms with Crippen LogP contribution in [0.5, 0.6) is 0 Å². The zero-order chi connectivity index (χ0) is 20.2. The number of para-hydroxylation sites is 1. The lowest BCUT2D eigenvalue weighted by Crippen LogP contribution is -2.31. The number of hydrogen-bond donors (Lipinski definition) is 2. The Kier molecular flexibility index (Phi) is 6.31. The minimum absolute atomic E-state index is 0.461. The lowest BCUT2D eigenvalue weighted by atomic mass is 9.86. The normalized spacial score (nSPS) is 19.4. The van der Waals surface area contributed by atoms with Gasteiger partial charge in [-0.1, -0.05) is 12.1 Å². The van der Waals surface area contributed by atoms with E-state index in [4.69, 9.17) is 9.97 Å². The molecule has 29 heavy (non-hydrogen) atoms. The minimum Gasteiger partial charge on any atom is -0.362 e. The number of fused-ring (bicyclic) bond motifs is 1. The van der Waals surface area contributed by atoms with Gasteiger partial charge in [0.25, 0.3) is 0 Å². The molecule has 1 aliphatic rings. The molecule has 0 amide bonds. The summed E-state index contributed by atoms with van der Waals surface area (Å²) in [5, 5.41) is 8.35. The predicted molar refractivity (Wildman–Crippen MR) is 124 cm³/mol. The Morgan fingerprint density at radius 1 is 1.03 bits per heavy atom. The highest BCUT2D eigenvalue weighted by Gasteiger charge is 2.22. The Hall–Kier alpha value is -2.18. The standard InChI is InChI=1S/C23H31N5S/c1-16-8-13-19(29-16)15-24-14-17-9-11-18(12-10-17)25-23-26-21-7-5-4-6-20(21)22(27-23)28(2)3/h4-8,13,17-18,24H,9-12,14-15H2,1-3H3,(H,25,26,27). The molecule has 1 fully saturated rings. The lowest BCUT2D eigenvalue weighted by Gasteiger charge is -2.29. The SMILES string of the molecule is Cc1ccc(CNCC2CCC(Nc3nc(N(C)C)c4ccccc4n3)CC2)s1. The van der Waals surface area contributed by atoms with Gasteiger partial charge in [-0.05, 0) is 69.3 Å². The third-order valence-corrected chi connectivity index (χ3v) is 6.72. The summed E-state index contributed by atoms with van der Waals surface area (Å²) >= 11 is 1.89. The molecule has 1 aromatic carbocycles. The summed E-state index contributed by atoms with van der Waals surface area (Å²) < 4.78 is 0. The molecular formula is C23H31N5S. The summed E-state index contributed by atoms with van der Waals surface area (Å²) in [5.41, 5.74) is 0.996. The molecule has 0 bridgehead atoms. The number of benzene rings is 1. The van der Waals surface area contributed by atoms with Gasteiger partial charge in [0.05, 0.1) is 5.52 Å². The first-order chi connectivity index (χ1) is 14.1. The number of anilines is 2. The Morgan fingerprint density at radius 2 is 1.83 bits per heavy atom. The third kappa shape index (κ3) is 5.06. The first-order valence-corrected chi connectivity index (χ1v) is 11.4. The predicted octanol–water partition coefficient (Wildman–Crippen LogP) is 4.83. The fourth-order valence-electron chi connectivity index (χ4n) is 4.14. The van der Waals surface area contributed by atoms with E-state index in [0.717, 1.165) is 41.7 Å². The van der Waals surface area contributed by atoms with Crippen molar-refractivity contribution >= 4 is 34.0 Å². The second kappa shape index (κ2) is 9.09. The molecule has 5 nitrogen and oxygen atoms in total. The average Bonchev–Trinajstić information content (AvgIpc) is 3.13. The molecule has 2 aromatic heterocycles. The van der Waals surface area contributed by atoms with Crippen molar-refractivity contribution in [1.82, 2.24) is 15.3 Å². The van der Waals surface area contributed by atoms with Crippen molar-refractivity contribution in [3.05, 3.63) is 46.2 Å². The van der Waals surface area contributed by atoms with E-state index in [0.29, 0.717) is 6.04 Å². The van der Waals surface area contributed by atoms with E-state index in [1.54, 1.807) is 0 Å². The highest BCUT2D eigenvalue weighted by Crippen LogP contribution is 2.28. The highest BCUT2D eigenvalue weighted by molar-refractivity contribution is 7.11. The summed E-state index contributed by atoms with van der Waals surface area (Å²) in [7, 11) is 4.07. The fourth-order valence-corrected chi connectivity index (χ4v) is 5.00. The Labute approximate surface area is 177 Å². The molecule has 154 valence electrons. The molecule has 0 atom stereocenters.